The van der Waals surface area contributed by atoms with Crippen molar-refractivity contribution in [1.29, 1.82) is 0 Å². The number of phenols is 1. The van der Waals surface area contributed by atoms with E-state index in [4.69, 9.17) is 5.73 Å². The summed E-state index contributed by atoms with van der Waals surface area (Å²) in [4.78, 5) is 160. The van der Waals surface area contributed by atoms with Gasteiger partial charge in [-0.2, -0.15) is 0 Å². The van der Waals surface area contributed by atoms with Gasteiger partial charge in [-0.05, 0) is 87.8 Å². The fourth-order valence-electron chi connectivity index (χ4n) is 9.77. The predicted octanol–water partition coefficient (Wildman–Crippen LogP) is 1.74. The fourth-order valence-corrected chi connectivity index (χ4v) is 9.77. The highest BCUT2D eigenvalue weighted by Crippen LogP contribution is 2.25. The molecule has 0 fully saturated rings. The number of carbonyl (C=O) groups excluding carboxylic acids is 11. The van der Waals surface area contributed by atoms with Crippen LogP contribution in [-0.2, 0) is 59.2 Å². The number of aliphatic hydroxyl groups is 1. The molecule has 1 unspecified atom stereocenters. The highest BCUT2D eigenvalue weighted by molar-refractivity contribution is 5.98. The maximum Gasteiger partial charge on any atom is 0.246 e. The zero-order valence-electron chi connectivity index (χ0n) is 53.6. The summed E-state index contributed by atoms with van der Waals surface area (Å²) in [7, 11) is 9.81. The van der Waals surface area contributed by atoms with Crippen LogP contribution in [-0.4, -0.2) is 226 Å². The Bertz CT molecular complexity index is 2450. The minimum absolute atomic E-state index is 0.0108. The standard InChI is InChI=1S/C60H101N11O13/c1-21-23-24-38(11)51(75)50(54(78)64-43(22-2)57(81)66(15)33-48(74)67(16)44(52(61)76)31-41-25-27-42(72)28-26-41)71(20)60(84)49(36(7)8)70(19)59(83)46(30-35(5)6)69(18)58(82)45(29-34(3)4)68(17)56(80)40(13)63-53(77)39(12)62-47(73)32-65(14)55(79)37(9)10/h21,23,25-28,34-40,43-46,49-51,72,75H,22,24,29-33H2,1-20H3,(H2,61,76)(H,62,73)(H,63,77)(H,64,78)/b23-21+/t38-,39-,40+,43-,44+,45+,46-,49-,50?,51+/m1/s1. The van der Waals surface area contributed by atoms with Gasteiger partial charge in [-0.3, -0.25) is 52.7 Å². The van der Waals surface area contributed by atoms with Gasteiger partial charge in [0.2, 0.25) is 65.0 Å². The van der Waals surface area contributed by atoms with Gasteiger partial charge in [0.1, 0.15) is 54.1 Å². The molecule has 1 aromatic rings. The summed E-state index contributed by atoms with van der Waals surface area (Å²) in [6.07, 6.45) is 2.69. The molecule has 7 N–H and O–H groups in total. The molecule has 474 valence electrons. The summed E-state index contributed by atoms with van der Waals surface area (Å²) in [5.41, 5.74) is 6.31. The van der Waals surface area contributed by atoms with Gasteiger partial charge in [0.25, 0.3) is 0 Å². The number of rotatable bonds is 33. The summed E-state index contributed by atoms with van der Waals surface area (Å²) >= 11 is 0. The number of hydrogen-bond donors (Lipinski definition) is 6. The van der Waals surface area contributed by atoms with E-state index in [9.17, 15) is 53.4 Å². The molecule has 0 radical (unpaired) electrons. The van der Waals surface area contributed by atoms with E-state index in [-0.39, 0.29) is 61.6 Å². The number of nitrogens with two attached hydrogens (primary N) is 1. The van der Waals surface area contributed by atoms with Crippen LogP contribution in [0.15, 0.2) is 36.4 Å². The molecule has 1 aromatic carbocycles. The van der Waals surface area contributed by atoms with Crippen molar-refractivity contribution in [3.63, 3.8) is 0 Å². The maximum absolute atomic E-state index is 15.1. The Balaban J connectivity index is 3.59. The smallest absolute Gasteiger partial charge is 0.246 e. The van der Waals surface area contributed by atoms with Crippen LogP contribution in [0, 0.1) is 29.6 Å². The second-order valence-electron chi connectivity index (χ2n) is 23.8. The van der Waals surface area contributed by atoms with Crippen molar-refractivity contribution in [3.8, 4) is 5.75 Å². The number of nitrogens with zero attached hydrogens (tertiary/aromatic N) is 7. The zero-order chi connectivity index (χ0) is 64.9. The van der Waals surface area contributed by atoms with Gasteiger partial charge < -0.3 is 66.2 Å². The van der Waals surface area contributed by atoms with Crippen LogP contribution >= 0.6 is 0 Å². The number of likely N-dealkylation sites (N-methyl/N-ethyl adjacent to an activating group) is 7. The van der Waals surface area contributed by atoms with Crippen molar-refractivity contribution in [2.24, 2.45) is 35.3 Å². The van der Waals surface area contributed by atoms with Crippen molar-refractivity contribution >= 4 is 65.0 Å². The molecule has 0 saturated carbocycles. The van der Waals surface area contributed by atoms with Gasteiger partial charge in [-0.1, -0.05) is 93.5 Å². The molecule has 10 atom stereocenters. The van der Waals surface area contributed by atoms with Crippen LogP contribution in [0.5, 0.6) is 5.75 Å². The SMILES string of the molecule is C/C=C/C[C@@H](C)[C@H](O)C(C(=O)N[C@H](CC)C(=O)N(C)CC(=O)N(C)[C@@H](Cc1ccc(O)cc1)C(N)=O)N(C)C(=O)[C@@H](C(C)C)N(C)C(=O)[C@@H](CC(C)C)N(C)C(=O)[C@H](CC(C)C)N(C)C(=O)[C@H](C)NC(=O)[C@@H](C)NC(=O)CN(C)C(=O)C(C)C. The molecule has 0 bridgehead atoms. The van der Waals surface area contributed by atoms with Crippen LogP contribution in [0.1, 0.15) is 121 Å². The van der Waals surface area contributed by atoms with Crippen molar-refractivity contribution in [2.45, 2.75) is 177 Å². The van der Waals surface area contributed by atoms with E-state index in [2.05, 4.69) is 16.0 Å². The Labute approximate surface area is 498 Å². The lowest BCUT2D eigenvalue weighted by Gasteiger charge is -2.41. The van der Waals surface area contributed by atoms with Crippen LogP contribution in [0.3, 0.4) is 0 Å². The number of amides is 11. The predicted molar refractivity (Wildman–Crippen MR) is 320 cm³/mol. The average molecular weight is 1180 g/mol. The van der Waals surface area contributed by atoms with Gasteiger partial charge in [0.05, 0.1) is 19.2 Å². The summed E-state index contributed by atoms with van der Waals surface area (Å²) in [5, 5.41) is 29.6. The van der Waals surface area contributed by atoms with Crippen LogP contribution in [0.2, 0.25) is 0 Å². The maximum atomic E-state index is 15.1. The van der Waals surface area contributed by atoms with Crippen molar-refractivity contribution in [1.82, 2.24) is 50.2 Å². The number of allylic oxidation sites excluding steroid dienone is 2. The van der Waals surface area contributed by atoms with E-state index in [1.54, 1.807) is 72.8 Å². The van der Waals surface area contributed by atoms with Crippen molar-refractivity contribution in [3.05, 3.63) is 42.0 Å². The molecular weight excluding hydrogens is 1080 g/mol. The molecule has 0 aliphatic rings. The number of nitrogens with one attached hydrogen (secondary N) is 3. The number of aliphatic hydroxyl groups excluding tert-OH is 1. The Morgan fingerprint density at radius 2 is 1.05 bits per heavy atom. The third-order valence-electron chi connectivity index (χ3n) is 15.0. The molecule has 24 heteroatoms. The lowest BCUT2D eigenvalue weighted by molar-refractivity contribution is -0.157. The third-order valence-corrected chi connectivity index (χ3v) is 15.0. The number of phenolic OH excluding ortho intramolecular Hbond substituents is 1. The Hall–Kier alpha value is -7.11. The van der Waals surface area contributed by atoms with Gasteiger partial charge in [0, 0.05) is 61.7 Å². The minimum atomic E-state index is -1.62. The molecule has 0 saturated heterocycles. The van der Waals surface area contributed by atoms with Crippen LogP contribution < -0.4 is 21.7 Å². The Morgan fingerprint density at radius 3 is 1.51 bits per heavy atom. The van der Waals surface area contributed by atoms with Gasteiger partial charge in [-0.25, -0.2) is 0 Å². The molecule has 11 amide bonds. The molecule has 1 rings (SSSR count). The quantitative estimate of drug-likeness (QED) is 0.0548. The number of primary amides is 1. The van der Waals surface area contributed by atoms with Crippen molar-refractivity contribution in [2.75, 3.05) is 62.4 Å². The number of aromatic hydroxyl groups is 1. The zero-order valence-corrected chi connectivity index (χ0v) is 53.6. The third kappa shape index (κ3) is 21.8. The summed E-state index contributed by atoms with van der Waals surface area (Å²) < 4.78 is 0. The first-order valence-corrected chi connectivity index (χ1v) is 29.0. The van der Waals surface area contributed by atoms with E-state index in [0.29, 0.717) is 12.0 Å². The molecule has 84 heavy (non-hydrogen) atoms. The lowest BCUT2D eigenvalue weighted by atomic mass is 9.91. The van der Waals surface area contributed by atoms with E-state index in [1.807, 2.05) is 27.7 Å². The first kappa shape index (κ1) is 74.9. The lowest BCUT2D eigenvalue weighted by Crippen LogP contribution is -2.63. The van der Waals surface area contributed by atoms with Crippen LogP contribution in [0.4, 0.5) is 0 Å². The molecule has 0 aromatic heterocycles. The first-order chi connectivity index (χ1) is 38.9. The van der Waals surface area contributed by atoms with Gasteiger partial charge in [-0.15, -0.1) is 0 Å². The number of benzene rings is 1. The molecule has 0 spiro atoms. The summed E-state index contributed by atoms with van der Waals surface area (Å²) in [6.45, 7) is 21.4. The Morgan fingerprint density at radius 1 is 0.560 bits per heavy atom. The second-order valence-corrected chi connectivity index (χ2v) is 23.8. The second kappa shape index (κ2) is 34.6. The van der Waals surface area contributed by atoms with Crippen LogP contribution in [0.25, 0.3) is 0 Å². The highest BCUT2D eigenvalue weighted by Gasteiger charge is 2.45. The van der Waals surface area contributed by atoms with Crippen molar-refractivity contribution < 1.29 is 63.0 Å². The van der Waals surface area contributed by atoms with Gasteiger partial charge in [0.15, 0.2) is 0 Å². The number of hydrogen-bond acceptors (Lipinski definition) is 13. The van der Waals surface area contributed by atoms with E-state index in [0.717, 1.165) is 14.7 Å². The van der Waals surface area contributed by atoms with E-state index in [1.165, 1.54) is 94.9 Å². The molecule has 24 nitrogen and oxygen atoms in total. The molecule has 0 heterocycles. The van der Waals surface area contributed by atoms with Gasteiger partial charge >= 0.3 is 0 Å². The average Bonchev–Trinajstić information content (AvgIpc) is 3.59. The highest BCUT2D eigenvalue weighted by atomic mass is 16.3. The first-order valence-electron chi connectivity index (χ1n) is 29.0. The van der Waals surface area contributed by atoms with E-state index < -0.39 is 132 Å². The summed E-state index contributed by atoms with van der Waals surface area (Å²) in [6, 6.07) is -3.80. The monoisotopic (exact) mass is 1180 g/mol. The largest absolute Gasteiger partial charge is 0.508 e. The normalized spacial score (nSPS) is 15.1. The minimum Gasteiger partial charge on any atom is -0.508 e. The fraction of sp³-hybridized carbons (Fsp3) is 0.683. The van der Waals surface area contributed by atoms with E-state index >= 15 is 9.59 Å². The Kier molecular flexibility index (Phi) is 30.9. The number of carbonyl (C=O) groups is 11. The molecule has 0 aliphatic heterocycles. The summed E-state index contributed by atoms with van der Waals surface area (Å²) in [5.74, 6) is -9.00. The molecule has 0 aliphatic carbocycles. The molecular formula is C60H101N11O13. The topological polar surface area (TPSA) is 313 Å².